The number of para-hydroxylation sites is 1. The summed E-state index contributed by atoms with van der Waals surface area (Å²) in [5.74, 6) is -0.138. The lowest BCUT2D eigenvalue weighted by atomic mass is 9.85. The summed E-state index contributed by atoms with van der Waals surface area (Å²) in [5, 5.41) is 0. The number of hydrogen-bond acceptors (Lipinski definition) is 7. The Balaban J connectivity index is 1.00. The van der Waals surface area contributed by atoms with Crippen molar-refractivity contribution >= 4 is 23.6 Å². The molecule has 7 rings (SSSR count). The lowest BCUT2D eigenvalue weighted by Crippen LogP contribution is -2.56. The predicted octanol–water partition coefficient (Wildman–Crippen LogP) is 4.12. The lowest BCUT2D eigenvalue weighted by Gasteiger charge is -2.43. The summed E-state index contributed by atoms with van der Waals surface area (Å²) in [6, 6.07) is 17.8. The highest BCUT2D eigenvalue weighted by Gasteiger charge is 2.53. The maximum absolute atomic E-state index is 14.4. The Morgan fingerprint density at radius 1 is 0.979 bits per heavy atom. The first kappa shape index (κ1) is 31.4. The number of nitrogens with one attached hydrogen (secondary N) is 1. The number of carbonyl (C=O) groups excluding carboxylic acids is 2. The van der Waals surface area contributed by atoms with Gasteiger partial charge >= 0.3 is 11.7 Å². The number of aromatic amines is 1. The Morgan fingerprint density at radius 2 is 1.77 bits per heavy atom. The molecule has 4 heterocycles. The van der Waals surface area contributed by atoms with Crippen LogP contribution in [0.4, 0.5) is 5.69 Å². The number of aromatic nitrogens is 2. The fraction of sp³-hybridized carbons (Fsp3) is 0.486. The zero-order valence-electron chi connectivity index (χ0n) is 27.4. The summed E-state index contributed by atoms with van der Waals surface area (Å²) in [4.78, 5) is 51.9. The molecule has 3 aliphatic heterocycles. The quantitative estimate of drug-likeness (QED) is 0.353. The van der Waals surface area contributed by atoms with E-state index >= 15 is 0 Å². The Morgan fingerprint density at radius 3 is 2.55 bits per heavy atom. The van der Waals surface area contributed by atoms with E-state index in [1.54, 1.807) is 6.07 Å². The lowest BCUT2D eigenvalue weighted by molar-refractivity contribution is -0.134. The molecule has 1 spiro atoms. The summed E-state index contributed by atoms with van der Waals surface area (Å²) in [6.07, 6.45) is 10.0. The molecule has 0 radical (unpaired) electrons. The number of carbonyl (C=O) groups is 2. The van der Waals surface area contributed by atoms with Crippen LogP contribution in [0.5, 0.6) is 0 Å². The molecule has 4 aliphatic rings. The molecule has 0 unspecified atom stereocenters. The van der Waals surface area contributed by atoms with Gasteiger partial charge in [0.2, 0.25) is 5.91 Å². The van der Waals surface area contributed by atoms with E-state index in [1.807, 2.05) is 51.9 Å². The van der Waals surface area contributed by atoms with Crippen molar-refractivity contribution in [3.63, 3.8) is 0 Å². The predicted molar refractivity (Wildman–Crippen MR) is 182 cm³/mol. The van der Waals surface area contributed by atoms with Gasteiger partial charge in [-0.25, -0.2) is 9.59 Å². The van der Waals surface area contributed by atoms with Crippen molar-refractivity contribution in [3.8, 4) is 0 Å². The second-order valence-electron chi connectivity index (χ2n) is 13.6. The summed E-state index contributed by atoms with van der Waals surface area (Å²) >= 11 is 0. The Kier molecular flexibility index (Phi) is 9.05. The molecule has 1 aliphatic carbocycles. The zero-order chi connectivity index (χ0) is 32.4. The number of ether oxygens (including phenoxy) is 1. The summed E-state index contributed by atoms with van der Waals surface area (Å²) in [5.41, 5.74) is 3.96. The van der Waals surface area contributed by atoms with Crippen molar-refractivity contribution in [1.82, 2.24) is 24.3 Å². The highest BCUT2D eigenvalue weighted by atomic mass is 16.5. The average Bonchev–Trinajstić information content (AvgIpc) is 3.55. The maximum atomic E-state index is 14.4. The summed E-state index contributed by atoms with van der Waals surface area (Å²) in [6.45, 7) is 6.04. The van der Waals surface area contributed by atoms with Crippen LogP contribution in [-0.4, -0.2) is 94.2 Å². The third kappa shape index (κ3) is 6.53. The molecule has 3 saturated heterocycles. The fourth-order valence-corrected chi connectivity index (χ4v) is 7.85. The molecule has 1 amide bonds. The standard InChI is InChI=1S/C37H46N6O4/c1-39-21-15-31(16-22-39)47-34(44)29-10-7-9-28(25-29)26-41-27-43(30-11-3-2-4-12-30)37(35(41)45)17-23-40(24-18-37)19-8-20-42-33-14-6-5-13-32(33)38-36(42)46/h2-5,7,9-13,25,31H,6,8,14-24,26-27H2,1H3,(H,38,46). The molecular formula is C37H46N6O4. The van der Waals surface area contributed by atoms with Gasteiger partial charge in [0.25, 0.3) is 0 Å². The number of H-pyrrole nitrogens is 1. The SMILES string of the molecule is CN1CCC(OC(=O)c2cccc(CN3CN(c4ccccc4)C4(CCN(CCCn5c6c([nH]c5=O)C=CCC6)CC4)C3=O)c2)CC1. The van der Waals surface area contributed by atoms with Gasteiger partial charge in [-0.2, -0.15) is 0 Å². The van der Waals surface area contributed by atoms with Gasteiger partial charge in [0.1, 0.15) is 11.6 Å². The van der Waals surface area contributed by atoms with Gasteiger partial charge < -0.3 is 29.3 Å². The smallest absolute Gasteiger partial charge is 0.338 e. The second-order valence-corrected chi connectivity index (χ2v) is 13.6. The van der Waals surface area contributed by atoms with E-state index in [1.165, 1.54) is 0 Å². The van der Waals surface area contributed by atoms with Crippen LogP contribution in [0, 0.1) is 0 Å². The van der Waals surface area contributed by atoms with E-state index in [2.05, 4.69) is 44.9 Å². The minimum absolute atomic E-state index is 0.0195. The molecular weight excluding hydrogens is 592 g/mol. The number of benzene rings is 2. The number of amides is 1. The molecule has 248 valence electrons. The largest absolute Gasteiger partial charge is 0.459 e. The van der Waals surface area contributed by atoms with Crippen LogP contribution >= 0.6 is 0 Å². The third-order valence-corrected chi connectivity index (χ3v) is 10.6. The third-order valence-electron chi connectivity index (χ3n) is 10.6. The van der Waals surface area contributed by atoms with Gasteiger partial charge in [-0.3, -0.25) is 9.36 Å². The summed E-state index contributed by atoms with van der Waals surface area (Å²) < 4.78 is 7.75. The molecule has 1 aromatic heterocycles. The minimum atomic E-state index is -0.606. The maximum Gasteiger partial charge on any atom is 0.338 e. The Bertz CT molecular complexity index is 1660. The van der Waals surface area contributed by atoms with Gasteiger partial charge in [0, 0.05) is 50.6 Å². The van der Waals surface area contributed by atoms with Gasteiger partial charge in [-0.1, -0.05) is 36.4 Å². The number of imidazole rings is 1. The van der Waals surface area contributed by atoms with Crippen molar-refractivity contribution in [2.24, 2.45) is 0 Å². The number of fused-ring (bicyclic) bond motifs is 1. The monoisotopic (exact) mass is 638 g/mol. The number of hydrogen-bond donors (Lipinski definition) is 1. The summed E-state index contributed by atoms with van der Waals surface area (Å²) in [7, 11) is 2.09. The van der Waals surface area contributed by atoms with Gasteiger partial charge in [0.15, 0.2) is 0 Å². The van der Waals surface area contributed by atoms with E-state index in [4.69, 9.17) is 4.74 Å². The highest BCUT2D eigenvalue weighted by Crippen LogP contribution is 2.40. The van der Waals surface area contributed by atoms with E-state index in [0.717, 1.165) is 100 Å². The molecule has 10 nitrogen and oxygen atoms in total. The molecule has 3 fully saturated rings. The number of allylic oxidation sites excluding steroid dienone is 1. The number of anilines is 1. The molecule has 0 bridgehead atoms. The van der Waals surface area contributed by atoms with Gasteiger partial charge in [0.05, 0.1) is 17.9 Å². The number of esters is 1. The average molecular weight is 639 g/mol. The first-order valence-electron chi connectivity index (χ1n) is 17.2. The second kappa shape index (κ2) is 13.5. The molecule has 0 saturated carbocycles. The van der Waals surface area contributed by atoms with E-state index in [0.29, 0.717) is 25.3 Å². The van der Waals surface area contributed by atoms with Crippen LogP contribution in [-0.2, 0) is 29.0 Å². The molecule has 2 aromatic carbocycles. The zero-order valence-corrected chi connectivity index (χ0v) is 27.4. The molecule has 47 heavy (non-hydrogen) atoms. The normalized spacial score (nSPS) is 20.2. The first-order chi connectivity index (χ1) is 22.9. The van der Waals surface area contributed by atoms with Crippen molar-refractivity contribution in [2.75, 3.05) is 51.3 Å². The molecule has 0 atom stereocenters. The molecule has 3 aromatic rings. The Hall–Kier alpha value is -4.15. The first-order valence-corrected chi connectivity index (χ1v) is 17.2. The van der Waals surface area contributed by atoms with Crippen molar-refractivity contribution < 1.29 is 14.3 Å². The topological polar surface area (TPSA) is 94.1 Å². The van der Waals surface area contributed by atoms with Crippen LogP contribution < -0.4 is 10.6 Å². The molecule has 10 heteroatoms. The minimum Gasteiger partial charge on any atom is -0.459 e. The molecule has 1 N–H and O–H groups in total. The van der Waals surface area contributed by atoms with Crippen LogP contribution in [0.15, 0.2) is 65.5 Å². The van der Waals surface area contributed by atoms with Crippen LogP contribution in [0.1, 0.15) is 65.8 Å². The van der Waals surface area contributed by atoms with Crippen molar-refractivity contribution in [2.45, 2.75) is 69.7 Å². The number of piperidine rings is 2. The van der Waals surface area contributed by atoms with Crippen LogP contribution in [0.25, 0.3) is 6.08 Å². The number of likely N-dealkylation sites (tertiary alicyclic amines) is 2. The van der Waals surface area contributed by atoms with Gasteiger partial charge in [-0.05, 0) is 94.4 Å². The van der Waals surface area contributed by atoms with Crippen molar-refractivity contribution in [3.05, 3.63) is 93.7 Å². The fourth-order valence-electron chi connectivity index (χ4n) is 7.85. The van der Waals surface area contributed by atoms with Crippen LogP contribution in [0.3, 0.4) is 0 Å². The van der Waals surface area contributed by atoms with E-state index in [9.17, 15) is 14.4 Å². The van der Waals surface area contributed by atoms with Gasteiger partial charge in [-0.15, -0.1) is 0 Å². The number of rotatable bonds is 9. The van der Waals surface area contributed by atoms with E-state index in [-0.39, 0.29) is 23.7 Å². The van der Waals surface area contributed by atoms with Crippen LogP contribution in [0.2, 0.25) is 0 Å². The van der Waals surface area contributed by atoms with Crippen molar-refractivity contribution in [1.29, 1.82) is 0 Å². The Labute approximate surface area is 276 Å². The number of nitrogens with zero attached hydrogens (tertiary/aromatic N) is 5. The highest BCUT2D eigenvalue weighted by molar-refractivity contribution is 5.94. The van der Waals surface area contributed by atoms with E-state index < -0.39 is 5.54 Å².